The number of esters is 1. The Labute approximate surface area is 217 Å². The number of rotatable bonds is 5. The van der Waals surface area contributed by atoms with Crippen LogP contribution >= 0.6 is 0 Å². The first-order chi connectivity index (χ1) is 17.8. The van der Waals surface area contributed by atoms with Crippen LogP contribution in [-0.4, -0.2) is 70.8 Å². The summed E-state index contributed by atoms with van der Waals surface area (Å²) in [6.45, 7) is 7.97. The second kappa shape index (κ2) is 9.40. The highest BCUT2D eigenvalue weighted by atomic mass is 16.6. The summed E-state index contributed by atoms with van der Waals surface area (Å²) in [4.78, 5) is 45.5. The number of amides is 2. The van der Waals surface area contributed by atoms with E-state index in [0.29, 0.717) is 25.8 Å². The number of likely N-dealkylation sites (tertiary alicyclic amines) is 1. The molecule has 0 aliphatic carbocycles. The van der Waals surface area contributed by atoms with Crippen molar-refractivity contribution in [2.45, 2.75) is 70.2 Å². The van der Waals surface area contributed by atoms with Crippen LogP contribution in [0.15, 0.2) is 42.5 Å². The van der Waals surface area contributed by atoms with E-state index in [-0.39, 0.29) is 25.0 Å². The van der Waals surface area contributed by atoms with Gasteiger partial charge in [0, 0.05) is 12.2 Å². The summed E-state index contributed by atoms with van der Waals surface area (Å²) in [6, 6.07) is 4.26. The van der Waals surface area contributed by atoms with E-state index in [4.69, 9.17) is 9.47 Å². The second-order valence-corrected chi connectivity index (χ2v) is 10.6. The van der Waals surface area contributed by atoms with Gasteiger partial charge in [0.25, 0.3) is 5.91 Å². The molecule has 0 bridgehead atoms. The third-order valence-electron chi connectivity index (χ3n) is 8.63. The van der Waals surface area contributed by atoms with Crippen molar-refractivity contribution in [3.63, 3.8) is 0 Å². The number of aliphatic hydroxyl groups is 1. The van der Waals surface area contributed by atoms with Crippen LogP contribution in [0.5, 0.6) is 0 Å². The largest absolute Gasteiger partial charge is 0.465 e. The maximum atomic E-state index is 14.6. The lowest BCUT2D eigenvalue weighted by atomic mass is 9.73. The monoisotopic (exact) mass is 508 g/mol. The predicted molar refractivity (Wildman–Crippen MR) is 138 cm³/mol. The summed E-state index contributed by atoms with van der Waals surface area (Å²) < 4.78 is 12.5. The number of para-hydroxylation sites is 1. The lowest BCUT2D eigenvalue weighted by Gasteiger charge is -2.41. The Morgan fingerprint density at radius 1 is 1.05 bits per heavy atom. The van der Waals surface area contributed by atoms with E-state index in [1.165, 1.54) is 4.90 Å². The van der Waals surface area contributed by atoms with Gasteiger partial charge in [0.15, 0.2) is 0 Å². The molecule has 198 valence electrons. The van der Waals surface area contributed by atoms with Crippen molar-refractivity contribution in [1.29, 1.82) is 0 Å². The molecule has 1 aromatic rings. The fourth-order valence-electron chi connectivity index (χ4n) is 6.91. The Bertz CT molecular complexity index is 1150. The van der Waals surface area contributed by atoms with Crippen LogP contribution in [-0.2, 0) is 23.9 Å². The highest BCUT2D eigenvalue weighted by Crippen LogP contribution is 2.58. The molecule has 1 N–H and O–H groups in total. The minimum atomic E-state index is -1.36. The highest BCUT2D eigenvalue weighted by molar-refractivity contribution is 6.06. The first kappa shape index (κ1) is 25.7. The lowest BCUT2D eigenvalue weighted by molar-refractivity contribution is -0.161. The lowest BCUT2D eigenvalue weighted by Crippen LogP contribution is -2.59. The average Bonchev–Trinajstić information content (AvgIpc) is 3.22. The number of fused-ring (bicyclic) bond motifs is 2. The Morgan fingerprint density at radius 2 is 1.78 bits per heavy atom. The molecule has 8 heteroatoms. The molecule has 0 aromatic heterocycles. The number of hydrogen-bond acceptors (Lipinski definition) is 6. The van der Waals surface area contributed by atoms with Crippen molar-refractivity contribution in [2.75, 3.05) is 24.7 Å². The summed E-state index contributed by atoms with van der Waals surface area (Å²) in [5, 5.41) is 10.3. The summed E-state index contributed by atoms with van der Waals surface area (Å²) in [7, 11) is 0. The fraction of sp³-hybridized carbons (Fsp3) is 0.552. The Morgan fingerprint density at radius 3 is 2.43 bits per heavy atom. The normalized spacial score (nSPS) is 33.9. The molecule has 8 nitrogen and oxygen atoms in total. The third kappa shape index (κ3) is 3.60. The zero-order valence-corrected chi connectivity index (χ0v) is 22.0. The standard InChI is InChI=1S/C29H36N2O6/c1-5-20(17-32)31-24-26(34)30(23-18(3)11-9-12-19(23)4)15-10-14-29(24)21(25(31)33)22-27(35)36-16-8-7-13-28(22,6-2)37-29/h7,9-14,20-22,24,32H,5-6,8,15-17H2,1-4H3/t20-,21-,22+,24?,28-,29-/m0/s1. The van der Waals surface area contributed by atoms with E-state index >= 15 is 0 Å². The molecule has 5 rings (SSSR count). The smallest absolute Gasteiger partial charge is 0.313 e. The SMILES string of the molecule is CC[C@@H](CO)N1C(=O)[C@@H]2[C@@H]3C(=O)OCCC=C[C@]3(CC)O[C@@]23C=CCN(c2c(C)cccc2C)C(=O)C13. The highest BCUT2D eigenvalue weighted by Gasteiger charge is 2.75. The van der Waals surface area contributed by atoms with E-state index in [1.54, 1.807) is 4.90 Å². The number of carbonyl (C=O) groups excluding carboxylic acids is 3. The Balaban J connectivity index is 1.72. The summed E-state index contributed by atoms with van der Waals surface area (Å²) >= 11 is 0. The minimum absolute atomic E-state index is 0.232. The molecule has 2 saturated heterocycles. The Hall–Kier alpha value is -2.97. The number of aliphatic hydroxyl groups excluding tert-OH is 1. The van der Waals surface area contributed by atoms with Crippen LogP contribution in [0.4, 0.5) is 5.69 Å². The van der Waals surface area contributed by atoms with E-state index in [2.05, 4.69) is 0 Å². The molecular weight excluding hydrogens is 472 g/mol. The fourth-order valence-corrected chi connectivity index (χ4v) is 6.91. The van der Waals surface area contributed by atoms with Gasteiger partial charge in [-0.1, -0.05) is 56.4 Å². The molecule has 4 aliphatic rings. The van der Waals surface area contributed by atoms with E-state index < -0.39 is 41.1 Å². The summed E-state index contributed by atoms with van der Waals surface area (Å²) in [5.41, 5.74) is 0.267. The molecule has 6 atom stereocenters. The number of ether oxygens (including phenoxy) is 2. The molecule has 2 amide bonds. The van der Waals surface area contributed by atoms with Gasteiger partial charge in [-0.15, -0.1) is 0 Å². The quantitative estimate of drug-likeness (QED) is 0.485. The minimum Gasteiger partial charge on any atom is -0.465 e. The Kier molecular flexibility index (Phi) is 6.52. The summed E-state index contributed by atoms with van der Waals surface area (Å²) in [6.07, 6.45) is 9.00. The topological polar surface area (TPSA) is 96.4 Å². The van der Waals surface area contributed by atoms with Crippen molar-refractivity contribution in [3.8, 4) is 0 Å². The number of carbonyl (C=O) groups is 3. The number of cyclic esters (lactones) is 1. The van der Waals surface area contributed by atoms with Crippen molar-refractivity contribution < 1.29 is 29.0 Å². The van der Waals surface area contributed by atoms with Crippen LogP contribution in [0.25, 0.3) is 0 Å². The van der Waals surface area contributed by atoms with Gasteiger partial charge in [0.2, 0.25) is 5.91 Å². The van der Waals surface area contributed by atoms with Crippen molar-refractivity contribution in [2.24, 2.45) is 11.8 Å². The van der Waals surface area contributed by atoms with Crippen LogP contribution in [0.2, 0.25) is 0 Å². The van der Waals surface area contributed by atoms with Gasteiger partial charge in [-0.25, -0.2) is 0 Å². The molecule has 0 saturated carbocycles. The van der Waals surface area contributed by atoms with E-state index in [0.717, 1.165) is 16.8 Å². The van der Waals surface area contributed by atoms with E-state index in [1.807, 2.05) is 70.2 Å². The van der Waals surface area contributed by atoms with Crippen LogP contribution in [0, 0.1) is 25.7 Å². The maximum Gasteiger partial charge on any atom is 0.313 e. The molecule has 37 heavy (non-hydrogen) atoms. The van der Waals surface area contributed by atoms with Crippen molar-refractivity contribution >= 4 is 23.5 Å². The van der Waals surface area contributed by atoms with E-state index in [9.17, 15) is 19.5 Å². The molecule has 4 aliphatic heterocycles. The van der Waals surface area contributed by atoms with Crippen LogP contribution < -0.4 is 4.90 Å². The molecule has 1 aromatic carbocycles. The molecule has 4 heterocycles. The van der Waals surface area contributed by atoms with Gasteiger partial charge < -0.3 is 24.4 Å². The van der Waals surface area contributed by atoms with Crippen molar-refractivity contribution in [3.05, 3.63) is 53.6 Å². The van der Waals surface area contributed by atoms with Gasteiger partial charge >= 0.3 is 5.97 Å². The van der Waals surface area contributed by atoms with Crippen LogP contribution in [0.1, 0.15) is 44.2 Å². The predicted octanol–water partition coefficient (Wildman–Crippen LogP) is 2.84. The molecule has 2 fully saturated rings. The van der Waals surface area contributed by atoms with Gasteiger partial charge in [0.1, 0.15) is 23.2 Å². The van der Waals surface area contributed by atoms with Gasteiger partial charge in [-0.05, 0) is 44.2 Å². The number of anilines is 1. The maximum absolute atomic E-state index is 14.6. The van der Waals surface area contributed by atoms with Crippen molar-refractivity contribution in [1.82, 2.24) is 4.90 Å². The number of benzene rings is 1. The van der Waals surface area contributed by atoms with Gasteiger partial charge in [-0.2, -0.15) is 0 Å². The summed E-state index contributed by atoms with van der Waals surface area (Å²) in [5.74, 6) is -2.93. The van der Waals surface area contributed by atoms with Gasteiger partial charge in [0.05, 0.1) is 25.2 Å². The first-order valence-corrected chi connectivity index (χ1v) is 13.3. The molecular formula is C29H36N2O6. The second-order valence-electron chi connectivity index (χ2n) is 10.6. The zero-order valence-electron chi connectivity index (χ0n) is 22.0. The first-order valence-electron chi connectivity index (χ1n) is 13.3. The van der Waals surface area contributed by atoms with Gasteiger partial charge in [-0.3, -0.25) is 14.4 Å². The molecule has 1 unspecified atom stereocenters. The number of nitrogens with zero attached hydrogens (tertiary/aromatic N) is 2. The number of hydrogen-bond donors (Lipinski definition) is 1. The third-order valence-corrected chi connectivity index (χ3v) is 8.63. The number of aryl methyl sites for hydroxylation is 2. The molecule has 0 radical (unpaired) electrons. The molecule has 1 spiro atoms. The van der Waals surface area contributed by atoms with Crippen LogP contribution in [0.3, 0.4) is 0 Å². The average molecular weight is 509 g/mol. The zero-order chi connectivity index (χ0) is 26.5.